The molecule has 0 bridgehead atoms. The lowest BCUT2D eigenvalue weighted by Gasteiger charge is -2.32. The van der Waals surface area contributed by atoms with E-state index in [9.17, 15) is 0 Å². The number of nitrogens with zero attached hydrogens (tertiary/aromatic N) is 2. The molecule has 0 aliphatic carbocycles. The van der Waals surface area contributed by atoms with Gasteiger partial charge in [0.05, 0.1) is 6.10 Å². The van der Waals surface area contributed by atoms with E-state index < -0.39 is 0 Å². The molecule has 2 aliphatic heterocycles. The van der Waals surface area contributed by atoms with Crippen LogP contribution in [-0.4, -0.2) is 39.2 Å². The molecule has 2 aromatic carbocycles. The van der Waals surface area contributed by atoms with Gasteiger partial charge in [-0.3, -0.25) is 4.99 Å². The zero-order valence-corrected chi connectivity index (χ0v) is 21.4. The molecule has 2 aromatic rings. The van der Waals surface area contributed by atoms with Crippen molar-refractivity contribution < 1.29 is 4.74 Å². The van der Waals surface area contributed by atoms with Gasteiger partial charge in [-0.25, -0.2) is 0 Å². The first-order chi connectivity index (χ1) is 15.2. The van der Waals surface area contributed by atoms with E-state index in [0.29, 0.717) is 5.92 Å². The van der Waals surface area contributed by atoms with E-state index in [-0.39, 0.29) is 30.1 Å². The maximum absolute atomic E-state index is 6.16. The predicted octanol–water partition coefficient (Wildman–Crippen LogP) is 4.82. The number of guanidine groups is 1. The molecule has 1 saturated heterocycles. The average molecular weight is 546 g/mol. The predicted molar refractivity (Wildman–Crippen MR) is 144 cm³/mol. The molecular formula is C26H35IN4O. The van der Waals surface area contributed by atoms with Crippen LogP contribution in [0.4, 0.5) is 5.69 Å². The molecule has 2 N–H and O–H groups in total. The van der Waals surface area contributed by atoms with Crippen LogP contribution in [0.3, 0.4) is 0 Å². The van der Waals surface area contributed by atoms with Crippen LogP contribution < -0.4 is 15.5 Å². The number of rotatable bonds is 6. The quantitative estimate of drug-likeness (QED) is 0.236. The highest BCUT2D eigenvalue weighted by molar-refractivity contribution is 14.0. The molecule has 2 aliphatic rings. The summed E-state index contributed by atoms with van der Waals surface area (Å²) in [7, 11) is 1.83. The standard InChI is InChI=1S/C26H34N4O.HI/c1-20-10-12-22(13-11-20)25-23(8-6-16-31-25)19-29-26(27-2)28-18-21-7-5-9-24(17-21)30-14-3-4-15-30;/h3-5,7,9-13,17,23,25H,6,8,14-16,18-19H2,1-2H3,(H2,27,28,29);1H. The maximum Gasteiger partial charge on any atom is 0.191 e. The van der Waals surface area contributed by atoms with Gasteiger partial charge in [-0.05, 0) is 43.0 Å². The monoisotopic (exact) mass is 546 g/mol. The van der Waals surface area contributed by atoms with Crippen molar-refractivity contribution in [3.63, 3.8) is 0 Å². The molecule has 0 aromatic heterocycles. The molecular weight excluding hydrogens is 511 g/mol. The van der Waals surface area contributed by atoms with Crippen molar-refractivity contribution in [3.8, 4) is 0 Å². The van der Waals surface area contributed by atoms with Crippen molar-refractivity contribution in [2.24, 2.45) is 10.9 Å². The van der Waals surface area contributed by atoms with Crippen molar-refractivity contribution in [2.75, 3.05) is 38.2 Å². The van der Waals surface area contributed by atoms with Gasteiger partial charge in [-0.2, -0.15) is 0 Å². The lowest BCUT2D eigenvalue weighted by molar-refractivity contribution is -0.0265. The van der Waals surface area contributed by atoms with E-state index in [1.54, 1.807) is 0 Å². The topological polar surface area (TPSA) is 48.9 Å². The van der Waals surface area contributed by atoms with E-state index in [1.165, 1.54) is 22.4 Å². The van der Waals surface area contributed by atoms with E-state index in [0.717, 1.165) is 51.6 Å². The first-order valence-corrected chi connectivity index (χ1v) is 11.3. The van der Waals surface area contributed by atoms with Crippen molar-refractivity contribution >= 4 is 35.6 Å². The van der Waals surface area contributed by atoms with Gasteiger partial charge in [-0.1, -0.05) is 54.1 Å². The Morgan fingerprint density at radius 2 is 1.88 bits per heavy atom. The number of anilines is 1. The number of benzene rings is 2. The maximum atomic E-state index is 6.16. The molecule has 0 saturated carbocycles. The number of hydrogen-bond acceptors (Lipinski definition) is 3. The molecule has 5 nitrogen and oxygen atoms in total. The lowest BCUT2D eigenvalue weighted by atomic mass is 9.89. The van der Waals surface area contributed by atoms with Crippen LogP contribution in [0.5, 0.6) is 0 Å². The van der Waals surface area contributed by atoms with Gasteiger partial charge < -0.3 is 20.3 Å². The van der Waals surface area contributed by atoms with Crippen LogP contribution in [0.25, 0.3) is 0 Å². The second-order valence-electron chi connectivity index (χ2n) is 8.46. The minimum Gasteiger partial charge on any atom is -0.373 e. The lowest BCUT2D eigenvalue weighted by Crippen LogP contribution is -2.41. The Bertz CT molecular complexity index is 904. The van der Waals surface area contributed by atoms with Crippen LogP contribution >= 0.6 is 24.0 Å². The first-order valence-electron chi connectivity index (χ1n) is 11.3. The molecule has 2 unspecified atom stereocenters. The Morgan fingerprint density at radius 3 is 2.62 bits per heavy atom. The molecule has 2 atom stereocenters. The van der Waals surface area contributed by atoms with Gasteiger partial charge in [0, 0.05) is 51.4 Å². The molecule has 0 radical (unpaired) electrons. The third-order valence-electron chi connectivity index (χ3n) is 6.16. The van der Waals surface area contributed by atoms with E-state index in [2.05, 4.69) is 88.1 Å². The molecule has 1 fully saturated rings. The highest BCUT2D eigenvalue weighted by atomic mass is 127. The largest absolute Gasteiger partial charge is 0.373 e. The number of aryl methyl sites for hydroxylation is 1. The molecule has 172 valence electrons. The summed E-state index contributed by atoms with van der Waals surface area (Å²) in [6.45, 7) is 6.54. The summed E-state index contributed by atoms with van der Waals surface area (Å²) in [4.78, 5) is 6.80. The van der Waals surface area contributed by atoms with Gasteiger partial charge in [0.1, 0.15) is 0 Å². The summed E-state index contributed by atoms with van der Waals surface area (Å²) in [5, 5.41) is 7.00. The fourth-order valence-electron chi connectivity index (χ4n) is 4.36. The Hall–Kier alpha value is -2.06. The highest BCUT2D eigenvalue weighted by Crippen LogP contribution is 2.33. The van der Waals surface area contributed by atoms with Gasteiger partial charge >= 0.3 is 0 Å². The summed E-state index contributed by atoms with van der Waals surface area (Å²) < 4.78 is 6.16. The van der Waals surface area contributed by atoms with E-state index in [1.807, 2.05) is 7.05 Å². The molecule has 6 heteroatoms. The number of ether oxygens (including phenoxy) is 1. The molecule has 0 spiro atoms. The zero-order valence-electron chi connectivity index (χ0n) is 19.1. The highest BCUT2D eigenvalue weighted by Gasteiger charge is 2.27. The normalized spacial score (nSPS) is 20.7. The number of hydrogen-bond donors (Lipinski definition) is 2. The fourth-order valence-corrected chi connectivity index (χ4v) is 4.36. The van der Waals surface area contributed by atoms with Crippen LogP contribution in [0.1, 0.15) is 35.6 Å². The Balaban J connectivity index is 0.00000289. The van der Waals surface area contributed by atoms with Gasteiger partial charge in [0.2, 0.25) is 0 Å². The summed E-state index contributed by atoms with van der Waals surface area (Å²) in [5.74, 6) is 1.27. The van der Waals surface area contributed by atoms with Crippen molar-refractivity contribution in [2.45, 2.75) is 32.4 Å². The van der Waals surface area contributed by atoms with Crippen molar-refractivity contribution in [1.82, 2.24) is 10.6 Å². The summed E-state index contributed by atoms with van der Waals surface area (Å²) in [6, 6.07) is 17.5. The minimum atomic E-state index is 0. The second kappa shape index (κ2) is 12.3. The Kier molecular flexibility index (Phi) is 9.41. The third kappa shape index (κ3) is 6.48. The summed E-state index contributed by atoms with van der Waals surface area (Å²) >= 11 is 0. The molecule has 2 heterocycles. The van der Waals surface area contributed by atoms with E-state index >= 15 is 0 Å². The minimum absolute atomic E-state index is 0. The Labute approximate surface area is 209 Å². The van der Waals surface area contributed by atoms with E-state index in [4.69, 9.17) is 4.74 Å². The SMILES string of the molecule is CN=C(NCc1cccc(N2CC=CC2)c1)NCC1CCCOC1c1ccc(C)cc1.I. The number of nitrogens with one attached hydrogen (secondary N) is 2. The van der Waals surface area contributed by atoms with Crippen LogP contribution in [0, 0.1) is 12.8 Å². The van der Waals surface area contributed by atoms with Crippen LogP contribution in [0.2, 0.25) is 0 Å². The van der Waals surface area contributed by atoms with Crippen molar-refractivity contribution in [1.29, 1.82) is 0 Å². The Morgan fingerprint density at radius 1 is 1.09 bits per heavy atom. The van der Waals surface area contributed by atoms with Gasteiger partial charge in [0.25, 0.3) is 0 Å². The van der Waals surface area contributed by atoms with Gasteiger partial charge in [0.15, 0.2) is 5.96 Å². The average Bonchev–Trinajstić information content (AvgIpc) is 3.35. The molecule has 32 heavy (non-hydrogen) atoms. The summed E-state index contributed by atoms with van der Waals surface area (Å²) in [6.07, 6.45) is 6.85. The molecule has 4 rings (SSSR count). The second-order valence-corrected chi connectivity index (χ2v) is 8.46. The van der Waals surface area contributed by atoms with Gasteiger partial charge in [-0.15, -0.1) is 24.0 Å². The zero-order chi connectivity index (χ0) is 21.5. The van der Waals surface area contributed by atoms with Crippen LogP contribution in [-0.2, 0) is 11.3 Å². The molecule has 0 amide bonds. The summed E-state index contributed by atoms with van der Waals surface area (Å²) in [5.41, 5.74) is 5.08. The van der Waals surface area contributed by atoms with Crippen LogP contribution in [0.15, 0.2) is 65.7 Å². The first kappa shape index (κ1) is 24.6. The smallest absolute Gasteiger partial charge is 0.191 e. The number of halogens is 1. The number of aliphatic imine (C=N–C) groups is 1. The third-order valence-corrected chi connectivity index (χ3v) is 6.16. The van der Waals surface area contributed by atoms with Crippen molar-refractivity contribution in [3.05, 3.63) is 77.4 Å². The fraction of sp³-hybridized carbons (Fsp3) is 0.423.